The van der Waals surface area contributed by atoms with Crippen LogP contribution in [0.4, 0.5) is 0 Å². The molecule has 0 unspecified atom stereocenters. The maximum atomic E-state index is 11.5. The molecule has 26 heavy (non-hydrogen) atoms. The summed E-state index contributed by atoms with van der Waals surface area (Å²) in [6.45, 7) is 0.851. The van der Waals surface area contributed by atoms with Crippen LogP contribution in [0.3, 0.4) is 0 Å². The van der Waals surface area contributed by atoms with E-state index in [-0.39, 0.29) is 12.3 Å². The van der Waals surface area contributed by atoms with Crippen molar-refractivity contribution in [2.45, 2.75) is 19.3 Å². The minimum atomic E-state index is -0.319. The van der Waals surface area contributed by atoms with Crippen LogP contribution in [0.25, 0.3) is 5.57 Å². The summed E-state index contributed by atoms with van der Waals surface area (Å²) in [5.41, 5.74) is 5.49. The van der Waals surface area contributed by atoms with Crippen molar-refractivity contribution >= 4 is 11.5 Å². The van der Waals surface area contributed by atoms with E-state index in [1.54, 1.807) is 0 Å². The molecule has 0 atom stereocenters. The zero-order valence-electron chi connectivity index (χ0n) is 14.6. The van der Waals surface area contributed by atoms with Crippen LogP contribution < -0.4 is 17.0 Å². The quantitative estimate of drug-likeness (QED) is 0.417. The first-order chi connectivity index (χ1) is 12.6. The minimum absolute atomic E-state index is 0.204. The van der Waals surface area contributed by atoms with Gasteiger partial charge >= 0.3 is 0 Å². The first kappa shape index (κ1) is 17.8. The van der Waals surface area contributed by atoms with Crippen LogP contribution in [0, 0.1) is 0 Å². The van der Waals surface area contributed by atoms with Gasteiger partial charge in [0.05, 0.1) is 6.42 Å². The maximum absolute atomic E-state index is 11.5. The van der Waals surface area contributed by atoms with Crippen LogP contribution in [-0.2, 0) is 24.1 Å². The number of allylic oxidation sites excluding steroid dienone is 2. The van der Waals surface area contributed by atoms with Gasteiger partial charge in [-0.3, -0.25) is 9.78 Å². The number of nitrogens with one attached hydrogen (secondary N) is 1. The van der Waals surface area contributed by atoms with Crippen molar-refractivity contribution in [3.8, 4) is 0 Å². The van der Waals surface area contributed by atoms with Crippen molar-refractivity contribution in [2.75, 3.05) is 6.54 Å². The van der Waals surface area contributed by atoms with Gasteiger partial charge in [0, 0.05) is 18.4 Å². The van der Waals surface area contributed by atoms with Crippen LogP contribution in [0.15, 0.2) is 60.9 Å². The Balaban J connectivity index is 1.54. The van der Waals surface area contributed by atoms with Gasteiger partial charge in [-0.1, -0.05) is 36.4 Å². The average Bonchev–Trinajstić information content (AvgIpc) is 2.68. The van der Waals surface area contributed by atoms with E-state index < -0.39 is 0 Å². The van der Waals surface area contributed by atoms with Gasteiger partial charge in [0.1, 0.15) is 0 Å². The SMILES string of the molecule is NN(N)C(=O)Cc1ccc(CCc2ccc(C3=CCNC=C3)cn2)cc1. The highest BCUT2D eigenvalue weighted by molar-refractivity contribution is 5.77. The molecule has 1 amide bonds. The Hall–Kier alpha value is -2.96. The lowest BCUT2D eigenvalue weighted by molar-refractivity contribution is -0.131. The molecule has 3 rings (SSSR count). The van der Waals surface area contributed by atoms with Crippen molar-refractivity contribution in [3.05, 3.63) is 83.3 Å². The van der Waals surface area contributed by atoms with Gasteiger partial charge in [-0.15, -0.1) is 0 Å². The first-order valence-electron chi connectivity index (χ1n) is 8.57. The van der Waals surface area contributed by atoms with Crippen LogP contribution in [0.5, 0.6) is 0 Å². The predicted octanol–water partition coefficient (Wildman–Crippen LogP) is 1.49. The summed E-state index contributed by atoms with van der Waals surface area (Å²) in [4.78, 5) is 16.1. The molecule has 0 bridgehead atoms. The van der Waals surface area contributed by atoms with Gasteiger partial charge in [0.15, 0.2) is 0 Å². The first-order valence-corrected chi connectivity index (χ1v) is 8.57. The third-order valence-electron chi connectivity index (χ3n) is 4.31. The summed E-state index contributed by atoms with van der Waals surface area (Å²) in [6, 6.07) is 12.1. The lowest BCUT2D eigenvalue weighted by atomic mass is 10.0. The number of rotatable bonds is 6. The van der Waals surface area contributed by atoms with E-state index >= 15 is 0 Å². The summed E-state index contributed by atoms with van der Waals surface area (Å²) in [7, 11) is 0. The van der Waals surface area contributed by atoms with E-state index in [4.69, 9.17) is 11.7 Å². The zero-order chi connectivity index (χ0) is 18.4. The van der Waals surface area contributed by atoms with E-state index in [2.05, 4.69) is 34.6 Å². The molecule has 0 fully saturated rings. The molecule has 5 N–H and O–H groups in total. The van der Waals surface area contributed by atoms with Crippen molar-refractivity contribution in [1.29, 1.82) is 0 Å². The van der Waals surface area contributed by atoms with E-state index in [1.807, 2.05) is 36.7 Å². The van der Waals surface area contributed by atoms with Gasteiger partial charge in [0.25, 0.3) is 5.91 Å². The van der Waals surface area contributed by atoms with Crippen molar-refractivity contribution in [3.63, 3.8) is 0 Å². The van der Waals surface area contributed by atoms with Gasteiger partial charge in [-0.25, -0.2) is 16.8 Å². The zero-order valence-corrected chi connectivity index (χ0v) is 14.6. The lowest BCUT2D eigenvalue weighted by Crippen LogP contribution is -2.44. The third kappa shape index (κ3) is 4.78. The number of carbonyl (C=O) groups excluding carboxylic acids is 1. The molecule has 0 spiro atoms. The smallest absolute Gasteiger partial charge is 0.255 e. The second-order valence-electron chi connectivity index (χ2n) is 6.23. The third-order valence-corrected chi connectivity index (χ3v) is 4.31. The second-order valence-corrected chi connectivity index (χ2v) is 6.23. The molecule has 1 aromatic carbocycles. The number of hydrazine groups is 2. The van der Waals surface area contributed by atoms with E-state index in [0.29, 0.717) is 5.12 Å². The van der Waals surface area contributed by atoms with Crippen LogP contribution in [0.1, 0.15) is 22.4 Å². The second kappa shape index (κ2) is 8.42. The molecule has 134 valence electrons. The molecular weight excluding hydrogens is 326 g/mol. The Morgan fingerprint density at radius 1 is 1.08 bits per heavy atom. The van der Waals surface area contributed by atoms with Crippen molar-refractivity contribution in [2.24, 2.45) is 11.7 Å². The molecule has 0 aliphatic carbocycles. The number of nitrogens with zero attached hydrogens (tertiary/aromatic N) is 2. The summed E-state index contributed by atoms with van der Waals surface area (Å²) >= 11 is 0. The van der Waals surface area contributed by atoms with Crippen molar-refractivity contribution in [1.82, 2.24) is 15.4 Å². The lowest BCUT2D eigenvalue weighted by Gasteiger charge is -2.10. The predicted molar refractivity (Wildman–Crippen MR) is 102 cm³/mol. The molecule has 2 heterocycles. The molecule has 1 aliphatic heterocycles. The number of aryl methyl sites for hydroxylation is 2. The van der Waals surface area contributed by atoms with Crippen LogP contribution in [-0.4, -0.2) is 22.6 Å². The van der Waals surface area contributed by atoms with Gasteiger partial charge in [0.2, 0.25) is 0 Å². The summed E-state index contributed by atoms with van der Waals surface area (Å²) in [6.07, 6.45) is 10.1. The molecule has 1 aliphatic rings. The number of hydrogen-bond acceptors (Lipinski definition) is 5. The summed E-state index contributed by atoms with van der Waals surface area (Å²) in [5.74, 6) is 10.1. The van der Waals surface area contributed by atoms with Crippen LogP contribution in [0.2, 0.25) is 0 Å². The largest absolute Gasteiger partial charge is 0.387 e. The fourth-order valence-electron chi connectivity index (χ4n) is 2.77. The van der Waals surface area contributed by atoms with Crippen LogP contribution >= 0.6 is 0 Å². The number of benzene rings is 1. The highest BCUT2D eigenvalue weighted by atomic mass is 16.2. The molecule has 1 aromatic heterocycles. The number of aromatic nitrogens is 1. The minimum Gasteiger partial charge on any atom is -0.387 e. The molecule has 0 saturated heterocycles. The number of amides is 1. The Kier molecular flexibility index (Phi) is 5.78. The Labute approximate surface area is 153 Å². The Morgan fingerprint density at radius 2 is 1.85 bits per heavy atom. The number of hydrogen-bond donors (Lipinski definition) is 3. The molecule has 2 aromatic rings. The number of dihydropyridines is 1. The number of carbonyl (C=O) groups is 1. The van der Waals surface area contributed by atoms with Gasteiger partial charge in [-0.05, 0) is 53.4 Å². The van der Waals surface area contributed by atoms with E-state index in [1.165, 1.54) is 11.1 Å². The highest BCUT2D eigenvalue weighted by Crippen LogP contribution is 2.17. The number of nitrogens with two attached hydrogens (primary N) is 2. The fraction of sp³-hybridized carbons (Fsp3) is 0.200. The summed E-state index contributed by atoms with van der Waals surface area (Å²) < 4.78 is 0. The van der Waals surface area contributed by atoms with Gasteiger partial charge in [-0.2, -0.15) is 0 Å². The molecule has 0 radical (unpaired) electrons. The average molecular weight is 349 g/mol. The molecular formula is C20H23N5O. The number of pyridine rings is 1. The normalized spacial score (nSPS) is 13.1. The molecule has 0 saturated carbocycles. The maximum Gasteiger partial charge on any atom is 0.255 e. The highest BCUT2D eigenvalue weighted by Gasteiger charge is 2.07. The topological polar surface area (TPSA) is 97.3 Å². The van der Waals surface area contributed by atoms with E-state index in [0.717, 1.165) is 36.2 Å². The van der Waals surface area contributed by atoms with Crippen molar-refractivity contribution < 1.29 is 4.79 Å². The molecule has 6 nitrogen and oxygen atoms in total. The molecule has 6 heteroatoms. The fourth-order valence-corrected chi connectivity index (χ4v) is 2.77. The summed E-state index contributed by atoms with van der Waals surface area (Å²) in [5, 5.41) is 3.77. The standard InChI is InChI=1S/C20H23N5O/c21-25(22)20(26)13-16-3-1-15(2-4-16)5-7-19-8-6-18(14-24-19)17-9-11-23-12-10-17/h1-4,6,8-11,14,23H,5,7,12-13,21-22H2. The Morgan fingerprint density at radius 3 is 2.46 bits per heavy atom. The monoisotopic (exact) mass is 349 g/mol. The van der Waals surface area contributed by atoms with Gasteiger partial charge < -0.3 is 5.32 Å². The van der Waals surface area contributed by atoms with E-state index in [9.17, 15) is 4.79 Å². The Bertz CT molecular complexity index is 807.